The summed E-state index contributed by atoms with van der Waals surface area (Å²) in [6, 6.07) is 0.758. The summed E-state index contributed by atoms with van der Waals surface area (Å²) in [5.41, 5.74) is 0.396. The number of nitrogens with zero attached hydrogens (tertiary/aromatic N) is 1. The molecule has 1 saturated carbocycles. The van der Waals surface area contributed by atoms with Gasteiger partial charge in [-0.2, -0.15) is 11.8 Å². The summed E-state index contributed by atoms with van der Waals surface area (Å²) in [6.07, 6.45) is 7.79. The molecule has 0 spiro atoms. The van der Waals surface area contributed by atoms with Crippen molar-refractivity contribution in [3.8, 4) is 0 Å². The van der Waals surface area contributed by atoms with Gasteiger partial charge in [-0.1, -0.05) is 13.8 Å². The van der Waals surface area contributed by atoms with Crippen molar-refractivity contribution in [2.75, 3.05) is 31.6 Å². The zero-order valence-electron chi connectivity index (χ0n) is 13.2. The summed E-state index contributed by atoms with van der Waals surface area (Å²) in [5, 5.41) is 3.89. The van der Waals surface area contributed by atoms with E-state index in [0.29, 0.717) is 5.54 Å². The first-order valence-corrected chi connectivity index (χ1v) is 9.42. The molecule has 2 fully saturated rings. The lowest BCUT2D eigenvalue weighted by Gasteiger charge is -2.47. The predicted octanol–water partition coefficient (Wildman–Crippen LogP) is 3.23. The largest absolute Gasteiger partial charge is 0.308 e. The number of hydrogen-bond donors (Lipinski definition) is 1. The van der Waals surface area contributed by atoms with Crippen LogP contribution in [0.15, 0.2) is 0 Å². The first kappa shape index (κ1) is 15.7. The first-order valence-electron chi connectivity index (χ1n) is 8.03. The van der Waals surface area contributed by atoms with Gasteiger partial charge in [-0.15, -0.1) is 0 Å². The SMILES string of the molecule is CSCCCN1CC(C)(C2CC2)NCC1CC(C)C. The maximum Gasteiger partial charge on any atom is 0.0309 e. The van der Waals surface area contributed by atoms with E-state index in [1.807, 2.05) is 11.8 Å². The Kier molecular flexibility index (Phi) is 5.62. The second-order valence-electron chi connectivity index (χ2n) is 7.17. The normalized spacial score (nSPS) is 33.0. The molecular weight excluding hydrogens is 252 g/mol. The van der Waals surface area contributed by atoms with Crippen molar-refractivity contribution in [3.05, 3.63) is 0 Å². The van der Waals surface area contributed by atoms with Crippen LogP contribution in [0.5, 0.6) is 0 Å². The molecule has 2 aliphatic rings. The van der Waals surface area contributed by atoms with Gasteiger partial charge in [-0.05, 0) is 63.0 Å². The van der Waals surface area contributed by atoms with Gasteiger partial charge in [0.05, 0.1) is 0 Å². The standard InChI is InChI=1S/C16H32N2S/c1-13(2)10-15-11-17-16(3,14-6-7-14)12-18(15)8-5-9-19-4/h13-15,17H,5-12H2,1-4H3. The fourth-order valence-corrected chi connectivity index (χ4v) is 3.95. The summed E-state index contributed by atoms with van der Waals surface area (Å²) < 4.78 is 0. The summed E-state index contributed by atoms with van der Waals surface area (Å²) in [4.78, 5) is 2.80. The molecule has 2 unspecified atom stereocenters. The van der Waals surface area contributed by atoms with Crippen molar-refractivity contribution in [2.24, 2.45) is 11.8 Å². The van der Waals surface area contributed by atoms with Crippen LogP contribution in [0.2, 0.25) is 0 Å². The third-order valence-corrected chi connectivity index (χ3v) is 5.50. The van der Waals surface area contributed by atoms with Gasteiger partial charge >= 0.3 is 0 Å². The third-order valence-electron chi connectivity index (χ3n) is 4.81. The highest BCUT2D eigenvalue weighted by atomic mass is 32.2. The number of piperazine rings is 1. The molecule has 112 valence electrons. The third kappa shape index (κ3) is 4.37. The van der Waals surface area contributed by atoms with Gasteiger partial charge in [0.2, 0.25) is 0 Å². The molecule has 1 saturated heterocycles. The van der Waals surface area contributed by atoms with Gasteiger partial charge in [-0.3, -0.25) is 4.90 Å². The molecule has 1 N–H and O–H groups in total. The molecule has 0 radical (unpaired) electrons. The fraction of sp³-hybridized carbons (Fsp3) is 1.00. The first-order chi connectivity index (χ1) is 9.05. The average Bonchev–Trinajstić information content (AvgIpc) is 3.17. The van der Waals surface area contributed by atoms with Crippen molar-refractivity contribution < 1.29 is 0 Å². The van der Waals surface area contributed by atoms with Crippen LogP contribution >= 0.6 is 11.8 Å². The van der Waals surface area contributed by atoms with Crippen LogP contribution in [0.25, 0.3) is 0 Å². The lowest BCUT2D eigenvalue weighted by molar-refractivity contribution is 0.0648. The molecule has 19 heavy (non-hydrogen) atoms. The van der Waals surface area contributed by atoms with E-state index in [4.69, 9.17) is 0 Å². The zero-order chi connectivity index (χ0) is 13.9. The van der Waals surface area contributed by atoms with E-state index in [2.05, 4.69) is 37.2 Å². The van der Waals surface area contributed by atoms with Crippen LogP contribution in [0.1, 0.15) is 46.5 Å². The highest BCUT2D eigenvalue weighted by molar-refractivity contribution is 7.98. The van der Waals surface area contributed by atoms with Crippen LogP contribution in [-0.2, 0) is 0 Å². The second-order valence-corrected chi connectivity index (χ2v) is 8.16. The van der Waals surface area contributed by atoms with E-state index < -0.39 is 0 Å². The topological polar surface area (TPSA) is 15.3 Å². The lowest BCUT2D eigenvalue weighted by Crippen LogP contribution is -2.64. The number of nitrogens with one attached hydrogen (secondary N) is 1. The van der Waals surface area contributed by atoms with Gasteiger partial charge in [0.15, 0.2) is 0 Å². The Morgan fingerprint density at radius 1 is 1.37 bits per heavy atom. The second kappa shape index (κ2) is 6.82. The molecule has 0 bridgehead atoms. The van der Waals surface area contributed by atoms with Gasteiger partial charge in [0, 0.05) is 24.7 Å². The van der Waals surface area contributed by atoms with Crippen LogP contribution in [0.3, 0.4) is 0 Å². The van der Waals surface area contributed by atoms with E-state index in [1.54, 1.807) is 0 Å². The number of thioether (sulfide) groups is 1. The molecule has 1 aliphatic carbocycles. The van der Waals surface area contributed by atoms with Gasteiger partial charge < -0.3 is 5.32 Å². The maximum atomic E-state index is 3.89. The fourth-order valence-electron chi connectivity index (χ4n) is 3.53. The molecule has 0 aromatic heterocycles. The Morgan fingerprint density at radius 3 is 2.68 bits per heavy atom. The summed E-state index contributed by atoms with van der Waals surface area (Å²) in [7, 11) is 0. The predicted molar refractivity (Wildman–Crippen MR) is 86.9 cm³/mol. The van der Waals surface area contributed by atoms with Crippen molar-refractivity contribution in [2.45, 2.75) is 58.0 Å². The van der Waals surface area contributed by atoms with E-state index in [-0.39, 0.29) is 0 Å². The Morgan fingerprint density at radius 2 is 2.11 bits per heavy atom. The van der Waals surface area contributed by atoms with E-state index >= 15 is 0 Å². The van der Waals surface area contributed by atoms with Crippen molar-refractivity contribution in [1.82, 2.24) is 10.2 Å². The molecule has 0 aromatic rings. The van der Waals surface area contributed by atoms with Crippen molar-refractivity contribution >= 4 is 11.8 Å². The molecule has 1 aliphatic heterocycles. The van der Waals surface area contributed by atoms with Crippen LogP contribution < -0.4 is 5.32 Å². The Labute approximate surface area is 124 Å². The minimum Gasteiger partial charge on any atom is -0.308 e. The highest BCUT2D eigenvalue weighted by Gasteiger charge is 2.45. The van der Waals surface area contributed by atoms with Gasteiger partial charge in [0.1, 0.15) is 0 Å². The molecule has 1 heterocycles. The molecule has 0 amide bonds. The van der Waals surface area contributed by atoms with Crippen molar-refractivity contribution in [3.63, 3.8) is 0 Å². The van der Waals surface area contributed by atoms with Crippen LogP contribution in [-0.4, -0.2) is 48.1 Å². The average molecular weight is 285 g/mol. The molecule has 2 atom stereocenters. The van der Waals surface area contributed by atoms with Crippen LogP contribution in [0.4, 0.5) is 0 Å². The monoisotopic (exact) mass is 284 g/mol. The summed E-state index contributed by atoms with van der Waals surface area (Å²) in [5.74, 6) is 3.05. The molecule has 0 aromatic carbocycles. The Balaban J connectivity index is 1.92. The lowest BCUT2D eigenvalue weighted by atomic mass is 9.88. The van der Waals surface area contributed by atoms with Crippen LogP contribution in [0, 0.1) is 11.8 Å². The van der Waals surface area contributed by atoms with E-state index in [0.717, 1.165) is 17.9 Å². The number of hydrogen-bond acceptors (Lipinski definition) is 3. The van der Waals surface area contributed by atoms with Crippen molar-refractivity contribution in [1.29, 1.82) is 0 Å². The quantitative estimate of drug-likeness (QED) is 0.723. The molecule has 2 rings (SSSR count). The summed E-state index contributed by atoms with van der Waals surface area (Å²) >= 11 is 1.98. The summed E-state index contributed by atoms with van der Waals surface area (Å²) in [6.45, 7) is 10.9. The molecular formula is C16H32N2S. The number of rotatable bonds is 7. The zero-order valence-corrected chi connectivity index (χ0v) is 14.1. The minimum atomic E-state index is 0.396. The molecule has 2 nitrogen and oxygen atoms in total. The van der Waals surface area contributed by atoms with E-state index in [9.17, 15) is 0 Å². The Hall–Kier alpha value is 0.270. The Bertz CT molecular complexity index is 278. The molecule has 3 heteroatoms. The maximum absolute atomic E-state index is 3.89. The minimum absolute atomic E-state index is 0.396. The van der Waals surface area contributed by atoms with E-state index in [1.165, 1.54) is 51.1 Å². The highest BCUT2D eigenvalue weighted by Crippen LogP contribution is 2.41. The van der Waals surface area contributed by atoms with Gasteiger partial charge in [-0.25, -0.2) is 0 Å². The smallest absolute Gasteiger partial charge is 0.0309 e. The van der Waals surface area contributed by atoms with Gasteiger partial charge in [0.25, 0.3) is 0 Å².